The number of aliphatic hydroxyl groups is 1. The Kier molecular flexibility index (Phi) is 5.22. The lowest BCUT2D eigenvalue weighted by molar-refractivity contribution is -0.248. The van der Waals surface area contributed by atoms with Crippen LogP contribution in [0.1, 0.15) is 120 Å². The van der Waals surface area contributed by atoms with E-state index in [0.717, 1.165) is 32.1 Å². The third-order valence-corrected chi connectivity index (χ3v) is 12.9. The van der Waals surface area contributed by atoms with Gasteiger partial charge in [0.25, 0.3) is 0 Å². The van der Waals surface area contributed by atoms with Gasteiger partial charge in [-0.1, -0.05) is 34.6 Å². The molecule has 0 spiro atoms. The molecule has 1 aliphatic heterocycles. The zero-order chi connectivity index (χ0) is 24.2. The molecular weight excluding hydrogens is 408 g/mol. The van der Waals surface area contributed by atoms with Gasteiger partial charge in [0, 0.05) is 11.8 Å². The first kappa shape index (κ1) is 24.3. The lowest BCUT2D eigenvalue weighted by atomic mass is 9.35. The summed E-state index contributed by atoms with van der Waals surface area (Å²) < 4.78 is 6.85. The average molecular weight is 459 g/mol. The van der Waals surface area contributed by atoms with Crippen LogP contribution in [0.25, 0.3) is 0 Å². The standard InChI is InChI=1S/C30H50O3/c1-25(2)13-9-14-30(8,33-25)19-10-16-29(7)24(19)20(31)18-22-27(5)15-12-23(32)26(3,4)21(27)11-17-28(22,29)6/h19-22,24,31H,9-18H2,1-8H3/t19-,20+,21-,22+,24-,27-,28+,29+,30+/m0/s1. The highest BCUT2D eigenvalue weighted by molar-refractivity contribution is 5.85. The summed E-state index contributed by atoms with van der Waals surface area (Å²) in [5, 5.41) is 11.9. The number of rotatable bonds is 1. The van der Waals surface area contributed by atoms with Crippen molar-refractivity contribution in [3.63, 3.8) is 0 Å². The molecule has 5 fully saturated rings. The second-order valence-electron chi connectivity index (χ2n) is 15.1. The molecular formula is C30H50O3. The van der Waals surface area contributed by atoms with E-state index in [1.54, 1.807) is 0 Å². The van der Waals surface area contributed by atoms with E-state index in [1.807, 2.05) is 0 Å². The maximum Gasteiger partial charge on any atom is 0.138 e. The summed E-state index contributed by atoms with van der Waals surface area (Å²) in [6.45, 7) is 18.9. The molecule has 0 unspecified atom stereocenters. The summed E-state index contributed by atoms with van der Waals surface area (Å²) in [5.74, 6) is 2.14. The molecule has 188 valence electrons. The van der Waals surface area contributed by atoms with Crippen molar-refractivity contribution in [2.75, 3.05) is 0 Å². The normalized spacial score (nSPS) is 55.4. The Morgan fingerprint density at radius 3 is 2.15 bits per heavy atom. The van der Waals surface area contributed by atoms with Crippen molar-refractivity contribution in [1.29, 1.82) is 0 Å². The largest absolute Gasteiger partial charge is 0.393 e. The molecule has 0 aromatic carbocycles. The predicted molar refractivity (Wildman–Crippen MR) is 133 cm³/mol. The Balaban J connectivity index is 1.52. The van der Waals surface area contributed by atoms with Crippen molar-refractivity contribution in [2.45, 2.75) is 137 Å². The fraction of sp³-hybridized carbons (Fsp3) is 0.967. The Morgan fingerprint density at radius 2 is 1.48 bits per heavy atom. The molecule has 0 aromatic rings. The van der Waals surface area contributed by atoms with E-state index in [9.17, 15) is 9.90 Å². The topological polar surface area (TPSA) is 46.5 Å². The molecule has 4 saturated carbocycles. The van der Waals surface area contributed by atoms with Gasteiger partial charge in [-0.25, -0.2) is 0 Å². The average Bonchev–Trinajstić information content (AvgIpc) is 3.07. The molecule has 1 saturated heterocycles. The monoisotopic (exact) mass is 458 g/mol. The van der Waals surface area contributed by atoms with Crippen LogP contribution < -0.4 is 0 Å². The highest BCUT2D eigenvalue weighted by Gasteiger charge is 2.71. The Hall–Kier alpha value is -0.410. The maximum atomic E-state index is 12.9. The minimum absolute atomic E-state index is 0.0657. The molecule has 5 rings (SSSR count). The predicted octanol–water partition coefficient (Wildman–Crippen LogP) is 6.95. The summed E-state index contributed by atoms with van der Waals surface area (Å²) >= 11 is 0. The molecule has 3 nitrogen and oxygen atoms in total. The fourth-order valence-corrected chi connectivity index (χ4v) is 11.1. The molecule has 5 aliphatic rings. The van der Waals surface area contributed by atoms with Crippen LogP contribution in [0.15, 0.2) is 0 Å². The van der Waals surface area contributed by atoms with Crippen LogP contribution in [0.5, 0.6) is 0 Å². The van der Waals surface area contributed by atoms with Crippen LogP contribution in [0, 0.1) is 45.3 Å². The first-order valence-electron chi connectivity index (χ1n) is 14.0. The van der Waals surface area contributed by atoms with Gasteiger partial charge in [0.05, 0.1) is 17.3 Å². The van der Waals surface area contributed by atoms with Crippen molar-refractivity contribution in [2.24, 2.45) is 45.3 Å². The van der Waals surface area contributed by atoms with Crippen LogP contribution in [0.4, 0.5) is 0 Å². The minimum Gasteiger partial charge on any atom is -0.393 e. The van der Waals surface area contributed by atoms with Gasteiger partial charge in [0.1, 0.15) is 5.78 Å². The van der Waals surface area contributed by atoms with E-state index in [1.165, 1.54) is 25.7 Å². The van der Waals surface area contributed by atoms with Crippen molar-refractivity contribution in [1.82, 2.24) is 0 Å². The van der Waals surface area contributed by atoms with Crippen LogP contribution in [0.3, 0.4) is 0 Å². The van der Waals surface area contributed by atoms with Crippen molar-refractivity contribution < 1.29 is 14.6 Å². The number of fused-ring (bicyclic) bond motifs is 5. The molecule has 9 atom stereocenters. The second kappa shape index (κ2) is 7.09. The van der Waals surface area contributed by atoms with Gasteiger partial charge in [-0.3, -0.25) is 4.79 Å². The smallest absolute Gasteiger partial charge is 0.138 e. The summed E-state index contributed by atoms with van der Waals surface area (Å²) in [7, 11) is 0. The van der Waals surface area contributed by atoms with E-state index in [0.29, 0.717) is 35.9 Å². The Morgan fingerprint density at radius 1 is 0.818 bits per heavy atom. The van der Waals surface area contributed by atoms with Gasteiger partial charge in [-0.2, -0.15) is 0 Å². The van der Waals surface area contributed by atoms with Gasteiger partial charge < -0.3 is 9.84 Å². The molecule has 0 aromatic heterocycles. The summed E-state index contributed by atoms with van der Waals surface area (Å²) in [6.07, 6.45) is 10.6. The molecule has 1 N–H and O–H groups in total. The van der Waals surface area contributed by atoms with Gasteiger partial charge in [-0.05, 0) is 118 Å². The number of Topliss-reactive ketones (excluding diaryl/α,β-unsaturated/α-hetero) is 1. The number of ether oxygens (including phenoxy) is 1. The van der Waals surface area contributed by atoms with Gasteiger partial charge >= 0.3 is 0 Å². The summed E-state index contributed by atoms with van der Waals surface area (Å²) in [5.41, 5.74) is 0.0644. The number of hydrogen-bond donors (Lipinski definition) is 1. The SMILES string of the molecule is CC1(C)CCC[C@](C)([C@H]2CC[C@]3(C)[C@@H]2[C@H](O)C[C@@H]2[C@@]4(C)CCC(=O)C(C)(C)[C@@H]4CC[C@]23C)O1. The van der Waals surface area contributed by atoms with Crippen LogP contribution in [0.2, 0.25) is 0 Å². The number of ketones is 1. The van der Waals surface area contributed by atoms with E-state index < -0.39 is 0 Å². The molecule has 0 radical (unpaired) electrons. The first-order valence-corrected chi connectivity index (χ1v) is 14.0. The molecule has 3 heteroatoms. The maximum absolute atomic E-state index is 12.9. The highest BCUT2D eigenvalue weighted by Crippen LogP contribution is 2.75. The second-order valence-corrected chi connectivity index (χ2v) is 15.1. The van der Waals surface area contributed by atoms with Crippen LogP contribution in [-0.2, 0) is 9.53 Å². The summed E-state index contributed by atoms with van der Waals surface area (Å²) in [6, 6.07) is 0. The number of carbonyl (C=O) groups is 1. The zero-order valence-corrected chi connectivity index (χ0v) is 22.7. The van der Waals surface area contributed by atoms with E-state index in [2.05, 4.69) is 55.4 Å². The number of carbonyl (C=O) groups excluding carboxylic acids is 1. The molecule has 33 heavy (non-hydrogen) atoms. The van der Waals surface area contributed by atoms with Gasteiger partial charge in [-0.15, -0.1) is 0 Å². The van der Waals surface area contributed by atoms with Gasteiger partial charge in [0.2, 0.25) is 0 Å². The number of hydrogen-bond acceptors (Lipinski definition) is 3. The first-order chi connectivity index (χ1) is 15.1. The van der Waals surface area contributed by atoms with E-state index >= 15 is 0 Å². The molecule has 0 bridgehead atoms. The van der Waals surface area contributed by atoms with Crippen molar-refractivity contribution >= 4 is 5.78 Å². The third kappa shape index (κ3) is 3.09. The molecule has 1 heterocycles. The summed E-state index contributed by atoms with van der Waals surface area (Å²) in [4.78, 5) is 12.9. The van der Waals surface area contributed by atoms with Gasteiger partial charge in [0.15, 0.2) is 0 Å². The van der Waals surface area contributed by atoms with Crippen molar-refractivity contribution in [3.05, 3.63) is 0 Å². The van der Waals surface area contributed by atoms with Crippen LogP contribution >= 0.6 is 0 Å². The van der Waals surface area contributed by atoms with Crippen molar-refractivity contribution in [3.8, 4) is 0 Å². The highest BCUT2D eigenvalue weighted by atomic mass is 16.5. The molecule has 0 amide bonds. The number of aliphatic hydroxyl groups excluding tert-OH is 1. The lowest BCUT2D eigenvalue weighted by Gasteiger charge is -2.70. The van der Waals surface area contributed by atoms with Crippen LogP contribution in [-0.4, -0.2) is 28.2 Å². The Bertz CT molecular complexity index is 830. The third-order valence-electron chi connectivity index (χ3n) is 12.9. The zero-order valence-electron chi connectivity index (χ0n) is 22.7. The van der Waals surface area contributed by atoms with E-state index in [-0.39, 0.29) is 39.0 Å². The minimum atomic E-state index is -0.262. The quantitative estimate of drug-likeness (QED) is 0.462. The van der Waals surface area contributed by atoms with E-state index in [4.69, 9.17) is 4.74 Å². The fourth-order valence-electron chi connectivity index (χ4n) is 11.1. The molecule has 4 aliphatic carbocycles. The lowest BCUT2D eigenvalue weighted by Crippen LogP contribution is -2.66. The Labute approximate surface area is 202 Å².